The first-order valence-corrected chi connectivity index (χ1v) is 8.34. The van der Waals surface area contributed by atoms with Crippen molar-refractivity contribution in [2.24, 2.45) is 7.05 Å². The Bertz CT molecular complexity index is 513. The molecule has 0 spiro atoms. The lowest BCUT2D eigenvalue weighted by molar-refractivity contribution is -0.671. The number of hydrogen-bond acceptors (Lipinski definition) is 4. The Hall–Kier alpha value is -0.770. The van der Waals surface area contributed by atoms with E-state index < -0.39 is 17.9 Å². The van der Waals surface area contributed by atoms with Gasteiger partial charge in [-0.2, -0.15) is 8.42 Å². The SMILES string of the molecule is C[n+]1ccn(CCCCS(=O)(=O)O)c1.O=P([O-])(O)O. The van der Waals surface area contributed by atoms with E-state index in [2.05, 4.69) is 0 Å². The average molecular weight is 316 g/mol. The van der Waals surface area contributed by atoms with E-state index in [1.54, 1.807) is 0 Å². The summed E-state index contributed by atoms with van der Waals surface area (Å²) in [6.07, 6.45) is 7.00. The molecule has 0 aliphatic carbocycles. The van der Waals surface area contributed by atoms with E-state index in [4.69, 9.17) is 23.8 Å². The lowest BCUT2D eigenvalue weighted by atomic mass is 10.3. The van der Waals surface area contributed by atoms with Gasteiger partial charge < -0.3 is 14.7 Å². The topological polar surface area (TPSA) is 144 Å². The predicted octanol–water partition coefficient (Wildman–Crippen LogP) is -1.58. The van der Waals surface area contributed by atoms with Crippen LogP contribution in [-0.4, -0.2) is 33.1 Å². The molecule has 9 nitrogen and oxygen atoms in total. The molecule has 0 atom stereocenters. The van der Waals surface area contributed by atoms with Gasteiger partial charge in [0.25, 0.3) is 17.9 Å². The molecule has 3 N–H and O–H groups in total. The van der Waals surface area contributed by atoms with Gasteiger partial charge >= 0.3 is 0 Å². The molecule has 112 valence electrons. The van der Waals surface area contributed by atoms with Crippen molar-refractivity contribution in [3.05, 3.63) is 18.7 Å². The van der Waals surface area contributed by atoms with Crippen molar-refractivity contribution in [3.63, 3.8) is 0 Å². The molecule has 1 aromatic rings. The maximum absolute atomic E-state index is 10.4. The van der Waals surface area contributed by atoms with Crippen LogP contribution < -0.4 is 9.46 Å². The van der Waals surface area contributed by atoms with Gasteiger partial charge in [-0.05, 0) is 12.8 Å². The maximum Gasteiger partial charge on any atom is 0.264 e. The minimum absolute atomic E-state index is 0.152. The number of unbranched alkanes of at least 4 members (excludes halogenated alkanes) is 1. The number of aryl methyl sites for hydroxylation is 2. The zero-order valence-corrected chi connectivity index (χ0v) is 12.0. The summed E-state index contributed by atoms with van der Waals surface area (Å²) in [6.45, 7) is 0.774. The lowest BCUT2D eigenvalue weighted by Gasteiger charge is -2.01. The molecule has 11 heteroatoms. The predicted molar refractivity (Wildman–Crippen MR) is 63.3 cm³/mol. The van der Waals surface area contributed by atoms with Crippen LogP contribution in [0.4, 0.5) is 0 Å². The third-order valence-corrected chi connectivity index (χ3v) is 2.70. The monoisotopic (exact) mass is 316 g/mol. The summed E-state index contributed by atoms with van der Waals surface area (Å²) in [5.41, 5.74) is 0. The van der Waals surface area contributed by atoms with Crippen molar-refractivity contribution in [1.82, 2.24) is 4.57 Å². The number of hydrogen-bond donors (Lipinski definition) is 3. The minimum atomic E-state index is -4.89. The van der Waals surface area contributed by atoms with Crippen molar-refractivity contribution >= 4 is 17.9 Å². The molecule has 0 radical (unpaired) electrons. The molecular formula is C8H17N2O7PS. The second kappa shape index (κ2) is 7.73. The molecule has 0 saturated heterocycles. The average Bonchev–Trinajstić information content (AvgIpc) is 2.55. The molecule has 0 bridgehead atoms. The third-order valence-electron chi connectivity index (χ3n) is 1.89. The zero-order chi connectivity index (χ0) is 15.1. The summed E-state index contributed by atoms with van der Waals surface area (Å²) < 4.78 is 41.9. The Morgan fingerprint density at radius 3 is 2.26 bits per heavy atom. The van der Waals surface area contributed by atoms with E-state index in [0.717, 1.165) is 13.0 Å². The highest BCUT2D eigenvalue weighted by Gasteiger charge is 2.05. The molecule has 1 rings (SSSR count). The molecule has 1 heterocycles. The first-order chi connectivity index (χ1) is 8.47. The molecule has 1 aromatic heterocycles. The van der Waals surface area contributed by atoms with E-state index in [1.165, 1.54) is 0 Å². The van der Waals surface area contributed by atoms with E-state index in [0.29, 0.717) is 6.42 Å². The van der Waals surface area contributed by atoms with Crippen LogP contribution in [0.25, 0.3) is 0 Å². The normalized spacial score (nSPS) is 11.8. The molecule has 0 fully saturated rings. The molecule has 0 unspecified atom stereocenters. The summed E-state index contributed by atoms with van der Waals surface area (Å²) in [5.74, 6) is -0.152. The maximum atomic E-state index is 10.4. The largest absolute Gasteiger partial charge is 0.756 e. The highest BCUT2D eigenvalue weighted by atomic mass is 32.2. The van der Waals surface area contributed by atoms with Gasteiger partial charge in [-0.15, -0.1) is 0 Å². The molecule has 0 amide bonds. The van der Waals surface area contributed by atoms with Crippen LogP contribution in [0.5, 0.6) is 0 Å². The number of aromatic nitrogens is 2. The van der Waals surface area contributed by atoms with E-state index in [1.807, 2.05) is 34.9 Å². The van der Waals surface area contributed by atoms with Gasteiger partial charge in [0, 0.05) is 0 Å². The van der Waals surface area contributed by atoms with Crippen molar-refractivity contribution in [3.8, 4) is 0 Å². The summed E-state index contributed by atoms with van der Waals surface area (Å²) in [4.78, 5) is 22.9. The van der Waals surface area contributed by atoms with Crippen molar-refractivity contribution < 1.29 is 36.8 Å². The van der Waals surface area contributed by atoms with Gasteiger partial charge in [-0.25, -0.2) is 9.13 Å². The second-order valence-corrected chi connectivity index (χ2v) is 6.35. The number of nitrogens with zero attached hydrogens (tertiary/aromatic N) is 2. The fourth-order valence-corrected chi connectivity index (χ4v) is 1.78. The van der Waals surface area contributed by atoms with Gasteiger partial charge in [0.2, 0.25) is 6.33 Å². The van der Waals surface area contributed by atoms with Gasteiger partial charge in [0.1, 0.15) is 12.4 Å². The highest BCUT2D eigenvalue weighted by molar-refractivity contribution is 7.85. The fraction of sp³-hybridized carbons (Fsp3) is 0.625. The van der Waals surface area contributed by atoms with E-state index in [-0.39, 0.29) is 5.75 Å². The van der Waals surface area contributed by atoms with E-state index >= 15 is 0 Å². The first-order valence-electron chi connectivity index (χ1n) is 5.20. The van der Waals surface area contributed by atoms with Crippen LogP contribution in [-0.2, 0) is 28.3 Å². The number of rotatable bonds is 5. The van der Waals surface area contributed by atoms with Crippen molar-refractivity contribution in [2.45, 2.75) is 19.4 Å². The van der Waals surface area contributed by atoms with Crippen LogP contribution >= 0.6 is 7.82 Å². The number of phosphoric acid groups is 1. The van der Waals surface area contributed by atoms with Crippen LogP contribution in [0, 0.1) is 0 Å². The van der Waals surface area contributed by atoms with Gasteiger partial charge in [0.05, 0.1) is 19.3 Å². The summed E-state index contributed by atoms with van der Waals surface area (Å²) in [7, 11) is -6.75. The summed E-state index contributed by atoms with van der Waals surface area (Å²) in [6, 6.07) is 0. The number of imidazole rings is 1. The smallest absolute Gasteiger partial charge is 0.264 e. The van der Waals surface area contributed by atoms with Crippen molar-refractivity contribution in [1.29, 1.82) is 0 Å². The van der Waals surface area contributed by atoms with Crippen molar-refractivity contribution in [2.75, 3.05) is 5.75 Å². The Balaban J connectivity index is 0.000000555. The van der Waals surface area contributed by atoms with Crippen LogP contribution in [0.3, 0.4) is 0 Å². The Kier molecular flexibility index (Phi) is 7.42. The molecule has 0 aliphatic heterocycles. The second-order valence-electron chi connectivity index (χ2n) is 3.80. The first kappa shape index (κ1) is 18.2. The van der Waals surface area contributed by atoms with Crippen LogP contribution in [0.1, 0.15) is 12.8 Å². The quantitative estimate of drug-likeness (QED) is 0.257. The Labute approximate surface area is 111 Å². The molecule has 0 saturated carbocycles. The van der Waals surface area contributed by atoms with Gasteiger partial charge in [0.15, 0.2) is 0 Å². The molecule has 0 aliphatic rings. The standard InChI is InChI=1S/C8H14N2O3S.H3O4P/c1-9-5-6-10(8-9)4-2-3-7-14(11,12)13;1-5(2,3)4/h5-6,8H,2-4,7H2,1H3;(H3,1,2,3,4). The zero-order valence-electron chi connectivity index (χ0n) is 10.3. The van der Waals surface area contributed by atoms with E-state index in [9.17, 15) is 8.42 Å². The molecular weight excluding hydrogens is 299 g/mol. The van der Waals surface area contributed by atoms with Crippen LogP contribution in [0.15, 0.2) is 18.7 Å². The third kappa shape index (κ3) is 15.2. The summed E-state index contributed by atoms with van der Waals surface area (Å²) >= 11 is 0. The fourth-order valence-electron chi connectivity index (χ4n) is 1.21. The van der Waals surface area contributed by atoms with Crippen LogP contribution in [0.2, 0.25) is 0 Å². The molecule has 19 heavy (non-hydrogen) atoms. The molecule has 0 aromatic carbocycles. The van der Waals surface area contributed by atoms with Gasteiger partial charge in [-0.3, -0.25) is 9.12 Å². The lowest BCUT2D eigenvalue weighted by Crippen LogP contribution is -2.23. The van der Waals surface area contributed by atoms with Gasteiger partial charge in [-0.1, -0.05) is 0 Å². The minimum Gasteiger partial charge on any atom is -0.756 e. The summed E-state index contributed by atoms with van der Waals surface area (Å²) in [5, 5.41) is 0. The highest BCUT2D eigenvalue weighted by Crippen LogP contribution is 2.18. The Morgan fingerprint density at radius 2 is 1.89 bits per heavy atom. The Morgan fingerprint density at radius 1 is 1.37 bits per heavy atom.